The largest absolute Gasteiger partial charge is 0.481 e. The highest BCUT2D eigenvalue weighted by Crippen LogP contribution is 2.44. The van der Waals surface area contributed by atoms with Crippen LogP contribution in [0.1, 0.15) is 12.8 Å². The van der Waals surface area contributed by atoms with Crippen LogP contribution in [0.5, 0.6) is 0 Å². The molecule has 0 amide bonds. The summed E-state index contributed by atoms with van der Waals surface area (Å²) >= 11 is 0. The number of para-hydroxylation sites is 2. The van der Waals surface area contributed by atoms with Gasteiger partial charge in [-0.05, 0) is 36.8 Å². The zero-order valence-corrected chi connectivity index (χ0v) is 11.6. The molecule has 1 aromatic carbocycles. The van der Waals surface area contributed by atoms with Crippen molar-refractivity contribution in [2.24, 2.45) is 17.8 Å². The molecule has 2 heterocycles. The van der Waals surface area contributed by atoms with Crippen LogP contribution in [0, 0.1) is 17.8 Å². The van der Waals surface area contributed by atoms with E-state index in [9.17, 15) is 9.90 Å². The fraction of sp³-hybridized carbons (Fsp3) is 0.438. The van der Waals surface area contributed by atoms with E-state index in [2.05, 4.69) is 14.9 Å². The van der Waals surface area contributed by atoms with E-state index >= 15 is 0 Å². The summed E-state index contributed by atoms with van der Waals surface area (Å²) in [5, 5.41) is 9.43. The molecule has 1 aliphatic heterocycles. The van der Waals surface area contributed by atoms with Gasteiger partial charge >= 0.3 is 5.97 Å². The van der Waals surface area contributed by atoms with Gasteiger partial charge in [0.25, 0.3) is 0 Å². The number of anilines is 1. The van der Waals surface area contributed by atoms with Crippen molar-refractivity contribution in [2.75, 3.05) is 18.0 Å². The van der Waals surface area contributed by atoms with Crippen molar-refractivity contribution in [3.05, 3.63) is 30.5 Å². The third kappa shape index (κ3) is 2.22. The molecule has 0 spiro atoms. The Bertz CT molecular complexity index is 699. The third-order valence-electron chi connectivity index (χ3n) is 4.67. The number of aromatic nitrogens is 2. The average molecular weight is 283 g/mol. The van der Waals surface area contributed by atoms with Crippen LogP contribution in [0.15, 0.2) is 30.5 Å². The van der Waals surface area contributed by atoms with E-state index in [0.29, 0.717) is 12.5 Å². The molecule has 0 unspecified atom stereocenters. The summed E-state index contributed by atoms with van der Waals surface area (Å²) in [4.78, 5) is 22.6. The Morgan fingerprint density at radius 3 is 2.67 bits per heavy atom. The SMILES string of the molecule is O=C(O)[C@@H]1CN(c2cnc3ccccc3n2)C[C@H]1C1CC1. The maximum absolute atomic E-state index is 11.5. The van der Waals surface area contributed by atoms with Gasteiger partial charge in [0.2, 0.25) is 0 Å². The molecule has 0 bridgehead atoms. The lowest BCUT2D eigenvalue weighted by molar-refractivity contribution is -0.142. The monoisotopic (exact) mass is 283 g/mol. The molecule has 5 nitrogen and oxygen atoms in total. The van der Waals surface area contributed by atoms with Crippen LogP contribution in [0.4, 0.5) is 5.82 Å². The molecular formula is C16H17N3O2. The molecule has 1 aliphatic carbocycles. The Labute approximate surface area is 122 Å². The minimum absolute atomic E-state index is 0.260. The first-order chi connectivity index (χ1) is 10.2. The van der Waals surface area contributed by atoms with Crippen LogP contribution in [0.3, 0.4) is 0 Å². The quantitative estimate of drug-likeness (QED) is 0.935. The lowest BCUT2D eigenvalue weighted by Gasteiger charge is -2.17. The number of carboxylic acids is 1. The molecule has 4 rings (SSSR count). The maximum Gasteiger partial charge on any atom is 0.308 e. The zero-order chi connectivity index (χ0) is 14.4. The fourth-order valence-corrected chi connectivity index (χ4v) is 3.38. The van der Waals surface area contributed by atoms with Crippen LogP contribution in [-0.4, -0.2) is 34.1 Å². The van der Waals surface area contributed by atoms with E-state index in [1.54, 1.807) is 6.20 Å². The van der Waals surface area contributed by atoms with Gasteiger partial charge in [-0.3, -0.25) is 9.78 Å². The molecule has 5 heteroatoms. The number of nitrogens with zero attached hydrogens (tertiary/aromatic N) is 3. The van der Waals surface area contributed by atoms with Crippen LogP contribution in [-0.2, 0) is 4.79 Å². The van der Waals surface area contributed by atoms with E-state index in [0.717, 1.165) is 23.4 Å². The predicted molar refractivity (Wildman–Crippen MR) is 79.1 cm³/mol. The summed E-state index contributed by atoms with van der Waals surface area (Å²) in [6.45, 7) is 1.33. The lowest BCUT2D eigenvalue weighted by Crippen LogP contribution is -2.24. The maximum atomic E-state index is 11.5. The Hall–Kier alpha value is -2.17. The number of hydrogen-bond donors (Lipinski definition) is 1. The van der Waals surface area contributed by atoms with Gasteiger partial charge in [-0.1, -0.05) is 12.1 Å². The van der Waals surface area contributed by atoms with Gasteiger partial charge in [-0.15, -0.1) is 0 Å². The van der Waals surface area contributed by atoms with Crippen molar-refractivity contribution < 1.29 is 9.90 Å². The molecule has 21 heavy (non-hydrogen) atoms. The normalized spacial score (nSPS) is 25.4. The van der Waals surface area contributed by atoms with Gasteiger partial charge in [0.15, 0.2) is 0 Å². The molecule has 1 saturated carbocycles. The van der Waals surface area contributed by atoms with Gasteiger partial charge in [-0.2, -0.15) is 0 Å². The summed E-state index contributed by atoms with van der Waals surface area (Å²) in [6, 6.07) is 7.76. The molecule has 1 N–H and O–H groups in total. The summed E-state index contributed by atoms with van der Waals surface area (Å²) < 4.78 is 0. The van der Waals surface area contributed by atoms with E-state index < -0.39 is 5.97 Å². The first-order valence-electron chi connectivity index (χ1n) is 7.42. The van der Waals surface area contributed by atoms with E-state index in [-0.39, 0.29) is 11.8 Å². The number of hydrogen-bond acceptors (Lipinski definition) is 4. The van der Waals surface area contributed by atoms with Crippen molar-refractivity contribution >= 4 is 22.8 Å². The van der Waals surface area contributed by atoms with Gasteiger partial charge in [0.05, 0.1) is 23.1 Å². The number of aliphatic carboxylic acids is 1. The molecule has 108 valence electrons. The Morgan fingerprint density at radius 2 is 1.95 bits per heavy atom. The van der Waals surface area contributed by atoms with E-state index in [1.807, 2.05) is 24.3 Å². The molecule has 1 saturated heterocycles. The second kappa shape index (κ2) is 4.69. The molecule has 0 radical (unpaired) electrons. The zero-order valence-electron chi connectivity index (χ0n) is 11.6. The second-order valence-corrected chi connectivity index (χ2v) is 6.07. The van der Waals surface area contributed by atoms with E-state index in [4.69, 9.17) is 0 Å². The average Bonchev–Trinajstić information content (AvgIpc) is 3.25. The van der Waals surface area contributed by atoms with Crippen molar-refractivity contribution in [3.8, 4) is 0 Å². The first-order valence-corrected chi connectivity index (χ1v) is 7.42. The van der Waals surface area contributed by atoms with Crippen LogP contribution >= 0.6 is 0 Å². The minimum atomic E-state index is -0.678. The van der Waals surface area contributed by atoms with Crippen molar-refractivity contribution in [2.45, 2.75) is 12.8 Å². The number of carbonyl (C=O) groups is 1. The number of rotatable bonds is 3. The standard InChI is InChI=1S/C16H17N3O2/c20-16(21)12-9-19(8-11(12)10-5-6-10)15-7-17-13-3-1-2-4-14(13)18-15/h1-4,7,10-12H,5-6,8-9H2,(H,20,21)/t11-,12+/m0/s1. The summed E-state index contributed by atoms with van der Waals surface area (Å²) in [5.41, 5.74) is 1.73. The van der Waals surface area contributed by atoms with E-state index in [1.165, 1.54) is 12.8 Å². The van der Waals surface area contributed by atoms with Gasteiger partial charge in [-0.25, -0.2) is 4.98 Å². The lowest BCUT2D eigenvalue weighted by atomic mass is 9.92. The number of benzene rings is 1. The van der Waals surface area contributed by atoms with Crippen molar-refractivity contribution in [1.82, 2.24) is 9.97 Å². The molecule has 2 atom stereocenters. The number of fused-ring (bicyclic) bond motifs is 1. The van der Waals surface area contributed by atoms with Crippen molar-refractivity contribution in [3.63, 3.8) is 0 Å². The van der Waals surface area contributed by atoms with Gasteiger partial charge in [0.1, 0.15) is 5.82 Å². The number of carboxylic acid groups (broad SMARTS) is 1. The van der Waals surface area contributed by atoms with Crippen LogP contribution in [0.2, 0.25) is 0 Å². The van der Waals surface area contributed by atoms with Crippen molar-refractivity contribution in [1.29, 1.82) is 0 Å². The van der Waals surface area contributed by atoms with Gasteiger partial charge < -0.3 is 10.0 Å². The van der Waals surface area contributed by atoms with Crippen LogP contribution < -0.4 is 4.90 Å². The second-order valence-electron chi connectivity index (χ2n) is 6.07. The highest BCUT2D eigenvalue weighted by atomic mass is 16.4. The Morgan fingerprint density at radius 1 is 1.19 bits per heavy atom. The Kier molecular flexibility index (Phi) is 2.80. The first kappa shape index (κ1) is 12.6. The summed E-state index contributed by atoms with van der Waals surface area (Å²) in [7, 11) is 0. The smallest absolute Gasteiger partial charge is 0.308 e. The highest BCUT2D eigenvalue weighted by molar-refractivity contribution is 5.76. The topological polar surface area (TPSA) is 66.3 Å². The highest BCUT2D eigenvalue weighted by Gasteiger charge is 2.46. The molecule has 2 aromatic rings. The summed E-state index contributed by atoms with van der Waals surface area (Å²) in [6.07, 6.45) is 4.11. The summed E-state index contributed by atoms with van der Waals surface area (Å²) in [5.74, 6) is 0.692. The Balaban J connectivity index is 1.64. The fourth-order valence-electron chi connectivity index (χ4n) is 3.38. The molecule has 1 aromatic heterocycles. The minimum Gasteiger partial charge on any atom is -0.481 e. The van der Waals surface area contributed by atoms with Crippen LogP contribution in [0.25, 0.3) is 11.0 Å². The third-order valence-corrected chi connectivity index (χ3v) is 4.67. The molecule has 2 aliphatic rings. The molecular weight excluding hydrogens is 266 g/mol. The predicted octanol–water partition coefficient (Wildman–Crippen LogP) is 2.18. The molecule has 2 fully saturated rings. The van der Waals surface area contributed by atoms with Gasteiger partial charge in [0, 0.05) is 13.1 Å².